The van der Waals surface area contributed by atoms with Gasteiger partial charge in [-0.25, -0.2) is 4.98 Å². The lowest BCUT2D eigenvalue weighted by Gasteiger charge is -2.14. The fraction of sp³-hybridized carbons (Fsp3) is 0.733. The van der Waals surface area contributed by atoms with Gasteiger partial charge >= 0.3 is 0 Å². The minimum Gasteiger partial charge on any atom is -0.443 e. The fourth-order valence-electron chi connectivity index (χ4n) is 1.72. The fourth-order valence-corrected chi connectivity index (χ4v) is 1.72. The summed E-state index contributed by atoms with van der Waals surface area (Å²) < 4.78 is 5.74. The second kappa shape index (κ2) is 10.0. The van der Waals surface area contributed by atoms with Crippen molar-refractivity contribution in [3.8, 4) is 0 Å². The molecule has 0 bridgehead atoms. The predicted molar refractivity (Wildman–Crippen MR) is 102 cm³/mol. The number of hydrogen-bond donors (Lipinski definition) is 2. The van der Waals surface area contributed by atoms with Gasteiger partial charge in [-0.1, -0.05) is 20.8 Å². The van der Waals surface area contributed by atoms with Gasteiger partial charge in [0.2, 0.25) is 5.89 Å². The van der Waals surface area contributed by atoms with Crippen molar-refractivity contribution < 1.29 is 4.42 Å². The van der Waals surface area contributed by atoms with E-state index < -0.39 is 0 Å². The van der Waals surface area contributed by atoms with Gasteiger partial charge < -0.3 is 20.0 Å². The summed E-state index contributed by atoms with van der Waals surface area (Å²) in [4.78, 5) is 10.6. The molecule has 1 rings (SSSR count). The third kappa shape index (κ3) is 7.98. The Balaban J connectivity index is 0.00000441. The van der Waals surface area contributed by atoms with E-state index in [1.54, 1.807) is 13.2 Å². The van der Waals surface area contributed by atoms with Crippen LogP contribution in [0.25, 0.3) is 0 Å². The Morgan fingerprint density at radius 1 is 1.32 bits per heavy atom. The summed E-state index contributed by atoms with van der Waals surface area (Å²) in [7, 11) is 5.91. The standard InChI is InChI=1S/C15H29N5O.HI/c1-15(2,3)12-10-18-13(21-12)11-19-14(16-4)17-8-7-9-20(5)6;/h10H,7-9,11H2,1-6H3,(H2,16,17,19);1H. The molecule has 128 valence electrons. The smallest absolute Gasteiger partial charge is 0.213 e. The topological polar surface area (TPSA) is 65.7 Å². The Kier molecular flexibility index (Phi) is 9.66. The number of guanidine groups is 1. The third-order valence-corrected chi connectivity index (χ3v) is 3.00. The number of rotatable bonds is 6. The van der Waals surface area contributed by atoms with Gasteiger partial charge in [0.1, 0.15) is 5.76 Å². The second-order valence-electron chi connectivity index (χ2n) is 6.38. The normalized spacial score (nSPS) is 12.2. The number of aromatic nitrogens is 1. The van der Waals surface area contributed by atoms with Crippen LogP contribution in [-0.2, 0) is 12.0 Å². The zero-order chi connectivity index (χ0) is 15.9. The molecular weight excluding hydrogens is 393 g/mol. The highest BCUT2D eigenvalue weighted by atomic mass is 127. The summed E-state index contributed by atoms with van der Waals surface area (Å²) in [6, 6.07) is 0. The molecule has 0 fully saturated rings. The lowest BCUT2D eigenvalue weighted by atomic mass is 9.94. The highest BCUT2D eigenvalue weighted by Gasteiger charge is 2.19. The van der Waals surface area contributed by atoms with E-state index in [2.05, 4.69) is 60.4 Å². The van der Waals surface area contributed by atoms with Crippen molar-refractivity contribution in [2.45, 2.75) is 39.2 Å². The van der Waals surface area contributed by atoms with Crippen molar-refractivity contribution in [2.24, 2.45) is 4.99 Å². The molecule has 6 nitrogen and oxygen atoms in total. The average Bonchev–Trinajstić information content (AvgIpc) is 2.86. The molecule has 1 aromatic heterocycles. The molecule has 0 aliphatic heterocycles. The summed E-state index contributed by atoms with van der Waals surface area (Å²) in [6.45, 7) is 8.79. The lowest BCUT2D eigenvalue weighted by Crippen LogP contribution is -2.38. The maximum atomic E-state index is 5.74. The number of hydrogen-bond acceptors (Lipinski definition) is 4. The first-order chi connectivity index (χ1) is 9.82. The maximum Gasteiger partial charge on any atom is 0.213 e. The van der Waals surface area contributed by atoms with Gasteiger partial charge in [0.05, 0.1) is 12.7 Å². The zero-order valence-corrected chi connectivity index (χ0v) is 16.9. The van der Waals surface area contributed by atoms with Crippen molar-refractivity contribution in [3.05, 3.63) is 17.8 Å². The zero-order valence-electron chi connectivity index (χ0n) is 14.6. The number of aliphatic imine (C=N–C) groups is 1. The lowest BCUT2D eigenvalue weighted by molar-refractivity contribution is 0.379. The van der Waals surface area contributed by atoms with E-state index in [-0.39, 0.29) is 29.4 Å². The van der Waals surface area contributed by atoms with Gasteiger partial charge in [-0.15, -0.1) is 24.0 Å². The van der Waals surface area contributed by atoms with Crippen molar-refractivity contribution in [1.29, 1.82) is 0 Å². The van der Waals surface area contributed by atoms with Gasteiger partial charge in [0, 0.05) is 19.0 Å². The Bertz CT molecular complexity index is 451. The van der Waals surface area contributed by atoms with Crippen LogP contribution < -0.4 is 10.6 Å². The van der Waals surface area contributed by atoms with E-state index in [1.807, 2.05) is 0 Å². The van der Waals surface area contributed by atoms with Crippen LogP contribution in [0.15, 0.2) is 15.6 Å². The molecule has 0 spiro atoms. The minimum atomic E-state index is -0.0165. The van der Waals surface area contributed by atoms with Crippen LogP contribution in [-0.4, -0.2) is 50.1 Å². The summed E-state index contributed by atoms with van der Waals surface area (Å²) in [5.74, 6) is 2.34. The quantitative estimate of drug-likeness (QED) is 0.318. The molecule has 0 aromatic carbocycles. The van der Waals surface area contributed by atoms with E-state index in [9.17, 15) is 0 Å². The molecule has 0 aliphatic carbocycles. The van der Waals surface area contributed by atoms with E-state index in [0.29, 0.717) is 12.4 Å². The summed E-state index contributed by atoms with van der Waals surface area (Å²) in [5.41, 5.74) is -0.0165. The first-order valence-electron chi connectivity index (χ1n) is 7.37. The highest BCUT2D eigenvalue weighted by Crippen LogP contribution is 2.22. The van der Waals surface area contributed by atoms with Gasteiger partial charge in [0.25, 0.3) is 0 Å². The molecule has 7 heteroatoms. The molecule has 0 radical (unpaired) electrons. The SMILES string of the molecule is CN=C(NCCCN(C)C)NCc1ncc(C(C)(C)C)o1.I. The number of nitrogens with one attached hydrogen (secondary N) is 2. The molecule has 22 heavy (non-hydrogen) atoms. The van der Waals surface area contributed by atoms with Crippen molar-refractivity contribution in [2.75, 3.05) is 34.2 Å². The number of nitrogens with zero attached hydrogens (tertiary/aromatic N) is 3. The largest absolute Gasteiger partial charge is 0.443 e. The van der Waals surface area contributed by atoms with Crippen LogP contribution >= 0.6 is 24.0 Å². The van der Waals surface area contributed by atoms with E-state index in [4.69, 9.17) is 4.42 Å². The van der Waals surface area contributed by atoms with Gasteiger partial charge in [0.15, 0.2) is 5.96 Å². The first kappa shape index (κ1) is 21.2. The molecule has 1 heterocycles. The molecular formula is C15H30IN5O. The van der Waals surface area contributed by atoms with E-state index in [0.717, 1.165) is 31.2 Å². The monoisotopic (exact) mass is 423 g/mol. The van der Waals surface area contributed by atoms with Crippen LogP contribution in [0.4, 0.5) is 0 Å². The van der Waals surface area contributed by atoms with Crippen LogP contribution in [0.3, 0.4) is 0 Å². The molecule has 2 N–H and O–H groups in total. The summed E-state index contributed by atoms with van der Waals surface area (Å²) in [6.07, 6.45) is 2.87. The van der Waals surface area contributed by atoms with Crippen molar-refractivity contribution >= 4 is 29.9 Å². The Morgan fingerprint density at radius 2 is 2.00 bits per heavy atom. The third-order valence-electron chi connectivity index (χ3n) is 3.00. The van der Waals surface area contributed by atoms with Gasteiger partial charge in [-0.3, -0.25) is 4.99 Å². The summed E-state index contributed by atoms with van der Waals surface area (Å²) in [5, 5.41) is 6.48. The molecule has 1 aromatic rings. The van der Waals surface area contributed by atoms with Crippen LogP contribution in [0.5, 0.6) is 0 Å². The summed E-state index contributed by atoms with van der Waals surface area (Å²) >= 11 is 0. The molecule has 0 atom stereocenters. The molecule has 0 saturated carbocycles. The Hall–Kier alpha value is -0.830. The minimum absolute atomic E-state index is 0. The second-order valence-corrected chi connectivity index (χ2v) is 6.38. The van der Waals surface area contributed by atoms with Gasteiger partial charge in [-0.2, -0.15) is 0 Å². The predicted octanol–water partition coefficient (Wildman–Crippen LogP) is 2.21. The van der Waals surface area contributed by atoms with Gasteiger partial charge in [-0.05, 0) is 27.1 Å². The Morgan fingerprint density at radius 3 is 2.50 bits per heavy atom. The highest BCUT2D eigenvalue weighted by molar-refractivity contribution is 14.0. The first-order valence-corrected chi connectivity index (χ1v) is 7.37. The molecule has 0 aliphatic rings. The molecule has 0 amide bonds. The Labute approximate surface area is 151 Å². The number of oxazole rings is 1. The molecule has 0 unspecified atom stereocenters. The molecule has 0 saturated heterocycles. The van der Waals surface area contributed by atoms with Crippen LogP contribution in [0.2, 0.25) is 0 Å². The maximum absolute atomic E-state index is 5.74. The van der Waals surface area contributed by atoms with Crippen molar-refractivity contribution in [3.63, 3.8) is 0 Å². The van der Waals surface area contributed by atoms with E-state index >= 15 is 0 Å². The number of halogens is 1. The van der Waals surface area contributed by atoms with Crippen LogP contribution in [0, 0.1) is 0 Å². The van der Waals surface area contributed by atoms with Crippen molar-refractivity contribution in [1.82, 2.24) is 20.5 Å². The van der Waals surface area contributed by atoms with Crippen LogP contribution in [0.1, 0.15) is 38.8 Å². The average molecular weight is 423 g/mol. The van der Waals surface area contributed by atoms with E-state index in [1.165, 1.54) is 0 Å².